The second-order valence-corrected chi connectivity index (χ2v) is 2.83. The summed E-state index contributed by atoms with van der Waals surface area (Å²) in [5.41, 5.74) is 5.63. The van der Waals surface area contributed by atoms with Crippen LogP contribution in [0.2, 0.25) is 5.02 Å². The lowest BCUT2D eigenvalue weighted by molar-refractivity contribution is 0.186. The Morgan fingerprint density at radius 1 is 1.54 bits per heavy atom. The predicted molar refractivity (Wildman–Crippen MR) is 52.7 cm³/mol. The molecule has 3 N–H and O–H groups in total. The van der Waals surface area contributed by atoms with Crippen LogP contribution in [0.3, 0.4) is 0 Å². The molecule has 0 heterocycles. The van der Waals surface area contributed by atoms with Crippen LogP contribution in [0.1, 0.15) is 11.7 Å². The first kappa shape index (κ1) is 12.7. The topological polar surface area (TPSA) is 46.2 Å². The van der Waals surface area contributed by atoms with Crippen LogP contribution in [-0.2, 0) is 0 Å². The van der Waals surface area contributed by atoms with Gasteiger partial charge in [0.1, 0.15) is 5.82 Å². The highest BCUT2D eigenvalue weighted by molar-refractivity contribution is 6.30. The average Bonchev–Trinajstić information content (AvgIpc) is 2.08. The molecule has 5 heteroatoms. The lowest BCUT2D eigenvalue weighted by Crippen LogP contribution is -2.11. The third-order valence-corrected chi connectivity index (χ3v) is 1.86. The van der Waals surface area contributed by atoms with Gasteiger partial charge in [-0.2, -0.15) is 0 Å². The van der Waals surface area contributed by atoms with Gasteiger partial charge in [-0.15, -0.1) is 12.4 Å². The van der Waals surface area contributed by atoms with Gasteiger partial charge in [-0.05, 0) is 17.7 Å². The van der Waals surface area contributed by atoms with Crippen molar-refractivity contribution in [2.75, 3.05) is 6.54 Å². The normalized spacial score (nSPS) is 12.0. The first-order chi connectivity index (χ1) is 5.65. The smallest absolute Gasteiger partial charge is 0.142 e. The zero-order chi connectivity index (χ0) is 9.14. The second kappa shape index (κ2) is 5.40. The van der Waals surface area contributed by atoms with E-state index in [4.69, 9.17) is 17.3 Å². The van der Waals surface area contributed by atoms with Crippen LogP contribution >= 0.6 is 24.0 Å². The number of hydrogen-bond donors (Lipinski definition) is 2. The largest absolute Gasteiger partial charge is 0.387 e. The van der Waals surface area contributed by atoms with Crippen molar-refractivity contribution in [2.24, 2.45) is 5.73 Å². The fourth-order valence-corrected chi connectivity index (χ4v) is 0.973. The lowest BCUT2D eigenvalue weighted by Gasteiger charge is -2.07. The number of rotatable bonds is 2. The van der Waals surface area contributed by atoms with E-state index in [0.717, 1.165) is 0 Å². The fourth-order valence-electron chi connectivity index (χ4n) is 0.856. The van der Waals surface area contributed by atoms with Crippen LogP contribution in [0, 0.1) is 5.82 Å². The van der Waals surface area contributed by atoms with Gasteiger partial charge in [0.15, 0.2) is 0 Å². The summed E-state index contributed by atoms with van der Waals surface area (Å²) < 4.78 is 12.8. The quantitative estimate of drug-likeness (QED) is 0.808. The van der Waals surface area contributed by atoms with Crippen LogP contribution in [0.4, 0.5) is 4.39 Å². The molecule has 1 atom stereocenters. The van der Waals surface area contributed by atoms with Gasteiger partial charge in [0.2, 0.25) is 0 Å². The SMILES string of the molecule is Cl.NC[C@@H](O)c1ccc(Cl)c(F)c1. The van der Waals surface area contributed by atoms with Crippen molar-refractivity contribution in [3.05, 3.63) is 34.6 Å². The first-order valence-corrected chi connectivity index (χ1v) is 3.86. The lowest BCUT2D eigenvalue weighted by atomic mass is 10.1. The Bertz CT molecular complexity index is 283. The molecule has 0 bridgehead atoms. The molecule has 0 spiro atoms. The Morgan fingerprint density at radius 2 is 2.15 bits per heavy atom. The molecular weight excluding hydrogens is 216 g/mol. The Hall–Kier alpha value is -0.350. The minimum Gasteiger partial charge on any atom is -0.387 e. The minimum atomic E-state index is -0.822. The number of benzene rings is 1. The molecule has 74 valence electrons. The van der Waals surface area contributed by atoms with Crippen molar-refractivity contribution in [2.45, 2.75) is 6.10 Å². The number of hydrogen-bond acceptors (Lipinski definition) is 2. The van der Waals surface area contributed by atoms with E-state index >= 15 is 0 Å². The Labute approximate surface area is 86.9 Å². The number of aliphatic hydroxyl groups is 1. The maximum absolute atomic E-state index is 12.8. The molecule has 0 aromatic heterocycles. The van der Waals surface area contributed by atoms with Gasteiger partial charge in [-0.3, -0.25) is 0 Å². The van der Waals surface area contributed by atoms with Crippen LogP contribution in [0.15, 0.2) is 18.2 Å². The van der Waals surface area contributed by atoms with Gasteiger partial charge in [0, 0.05) is 6.54 Å². The molecule has 0 amide bonds. The van der Waals surface area contributed by atoms with Crippen molar-refractivity contribution in [3.8, 4) is 0 Å². The van der Waals surface area contributed by atoms with E-state index in [2.05, 4.69) is 0 Å². The zero-order valence-electron chi connectivity index (χ0n) is 6.71. The summed E-state index contributed by atoms with van der Waals surface area (Å²) in [6.45, 7) is 0.0705. The van der Waals surface area contributed by atoms with E-state index in [1.807, 2.05) is 0 Å². The van der Waals surface area contributed by atoms with Gasteiger partial charge in [-0.1, -0.05) is 17.7 Å². The summed E-state index contributed by atoms with van der Waals surface area (Å²) in [5.74, 6) is -0.540. The van der Waals surface area contributed by atoms with Gasteiger partial charge in [-0.25, -0.2) is 4.39 Å². The van der Waals surface area contributed by atoms with Gasteiger partial charge < -0.3 is 10.8 Å². The Balaban J connectivity index is 0.00000144. The highest BCUT2D eigenvalue weighted by atomic mass is 35.5. The molecule has 0 aliphatic rings. The molecule has 0 fully saturated rings. The predicted octanol–water partition coefficient (Wildman–Crippen LogP) is 1.89. The molecule has 0 saturated heterocycles. The number of aliphatic hydroxyl groups excluding tert-OH is 1. The summed E-state index contributed by atoms with van der Waals surface area (Å²) in [6, 6.07) is 4.12. The third kappa shape index (κ3) is 3.12. The summed E-state index contributed by atoms with van der Waals surface area (Å²) in [7, 11) is 0. The molecule has 2 nitrogen and oxygen atoms in total. The molecule has 0 unspecified atom stereocenters. The van der Waals surface area contributed by atoms with Gasteiger partial charge in [0.05, 0.1) is 11.1 Å². The van der Waals surface area contributed by atoms with Crippen molar-refractivity contribution in [3.63, 3.8) is 0 Å². The van der Waals surface area contributed by atoms with Gasteiger partial charge >= 0.3 is 0 Å². The van der Waals surface area contributed by atoms with E-state index in [0.29, 0.717) is 5.56 Å². The van der Waals surface area contributed by atoms with Crippen LogP contribution in [0.25, 0.3) is 0 Å². The summed E-state index contributed by atoms with van der Waals surface area (Å²) in [6.07, 6.45) is -0.822. The number of nitrogens with two attached hydrogens (primary N) is 1. The van der Waals surface area contributed by atoms with Crippen molar-refractivity contribution < 1.29 is 9.50 Å². The Kier molecular flexibility index (Phi) is 5.25. The molecule has 1 aromatic carbocycles. The monoisotopic (exact) mass is 225 g/mol. The highest BCUT2D eigenvalue weighted by Crippen LogP contribution is 2.19. The first-order valence-electron chi connectivity index (χ1n) is 3.48. The Morgan fingerprint density at radius 3 is 2.62 bits per heavy atom. The number of halogens is 3. The summed E-state index contributed by atoms with van der Waals surface area (Å²) in [5, 5.41) is 9.25. The maximum Gasteiger partial charge on any atom is 0.142 e. The van der Waals surface area contributed by atoms with E-state index in [-0.39, 0.29) is 24.0 Å². The van der Waals surface area contributed by atoms with Crippen LogP contribution < -0.4 is 5.73 Å². The fraction of sp³-hybridized carbons (Fsp3) is 0.250. The standard InChI is InChI=1S/C8H9ClFNO.ClH/c9-6-2-1-5(3-7(6)10)8(12)4-11;/h1-3,8,12H,4,11H2;1H/t8-;/m1./s1. The molecule has 1 rings (SSSR count). The molecule has 1 aromatic rings. The van der Waals surface area contributed by atoms with Crippen LogP contribution in [0.5, 0.6) is 0 Å². The van der Waals surface area contributed by atoms with E-state index in [1.54, 1.807) is 6.07 Å². The second-order valence-electron chi connectivity index (χ2n) is 2.43. The highest BCUT2D eigenvalue weighted by Gasteiger charge is 2.07. The zero-order valence-corrected chi connectivity index (χ0v) is 8.28. The van der Waals surface area contributed by atoms with E-state index in [1.165, 1.54) is 12.1 Å². The maximum atomic E-state index is 12.8. The van der Waals surface area contributed by atoms with E-state index in [9.17, 15) is 9.50 Å². The summed E-state index contributed by atoms with van der Waals surface area (Å²) in [4.78, 5) is 0. The average molecular weight is 226 g/mol. The van der Waals surface area contributed by atoms with E-state index < -0.39 is 11.9 Å². The van der Waals surface area contributed by atoms with Crippen molar-refractivity contribution in [1.29, 1.82) is 0 Å². The van der Waals surface area contributed by atoms with Gasteiger partial charge in [0.25, 0.3) is 0 Å². The molecule has 0 saturated carbocycles. The molecule has 0 radical (unpaired) electrons. The van der Waals surface area contributed by atoms with Crippen LogP contribution in [-0.4, -0.2) is 11.7 Å². The molecule has 0 aliphatic carbocycles. The summed E-state index contributed by atoms with van der Waals surface area (Å²) >= 11 is 5.44. The van der Waals surface area contributed by atoms with Crippen molar-refractivity contribution >= 4 is 24.0 Å². The van der Waals surface area contributed by atoms with Crippen molar-refractivity contribution in [1.82, 2.24) is 0 Å². The molecule has 13 heavy (non-hydrogen) atoms. The third-order valence-electron chi connectivity index (χ3n) is 1.55. The molecular formula is C8H10Cl2FNO. The minimum absolute atomic E-state index is 0. The molecule has 0 aliphatic heterocycles.